The first-order valence-corrected chi connectivity index (χ1v) is 5.77. The van der Waals surface area contributed by atoms with E-state index in [1.165, 1.54) is 12.5 Å². The van der Waals surface area contributed by atoms with Gasteiger partial charge in [0.05, 0.1) is 19.6 Å². The summed E-state index contributed by atoms with van der Waals surface area (Å²) in [4.78, 5) is 18.4. The highest BCUT2D eigenvalue weighted by molar-refractivity contribution is 5.75. The average Bonchev–Trinajstić information content (AvgIpc) is 2.84. The van der Waals surface area contributed by atoms with Crippen molar-refractivity contribution in [1.82, 2.24) is 19.7 Å². The maximum atomic E-state index is 11.7. The van der Waals surface area contributed by atoms with E-state index in [2.05, 4.69) is 15.1 Å². The lowest BCUT2D eigenvalue weighted by Gasteiger charge is -2.09. The van der Waals surface area contributed by atoms with Crippen LogP contribution in [0.1, 0.15) is 5.56 Å². The first-order valence-electron chi connectivity index (χ1n) is 5.77. The maximum absolute atomic E-state index is 11.7. The summed E-state index contributed by atoms with van der Waals surface area (Å²) >= 11 is 0. The standard InChI is InChI=1S/C13H12N4O2/c1-8-3-4-11(19-2)10(5-8)17-12-9(6-16-17)13(18)15-7-14-12/h3-7H,1-2H3,(H,14,15,18). The van der Waals surface area contributed by atoms with Crippen LogP contribution in [0, 0.1) is 6.92 Å². The molecule has 0 saturated carbocycles. The molecular weight excluding hydrogens is 244 g/mol. The number of aromatic amines is 1. The number of nitrogens with zero attached hydrogens (tertiary/aromatic N) is 3. The van der Waals surface area contributed by atoms with E-state index in [0.717, 1.165) is 11.3 Å². The molecule has 0 bridgehead atoms. The summed E-state index contributed by atoms with van der Waals surface area (Å²) in [5.74, 6) is 0.678. The molecule has 6 heteroatoms. The number of nitrogens with one attached hydrogen (secondary N) is 1. The molecule has 0 aliphatic heterocycles. The van der Waals surface area contributed by atoms with E-state index in [1.54, 1.807) is 11.8 Å². The number of methoxy groups -OCH3 is 1. The van der Waals surface area contributed by atoms with E-state index >= 15 is 0 Å². The Labute approximate surface area is 108 Å². The van der Waals surface area contributed by atoms with E-state index in [0.29, 0.717) is 16.8 Å². The Morgan fingerprint density at radius 1 is 1.37 bits per heavy atom. The molecule has 0 unspecified atom stereocenters. The van der Waals surface area contributed by atoms with Gasteiger partial charge in [-0.15, -0.1) is 0 Å². The van der Waals surface area contributed by atoms with E-state index in [1.807, 2.05) is 25.1 Å². The largest absolute Gasteiger partial charge is 0.494 e. The lowest BCUT2D eigenvalue weighted by atomic mass is 10.2. The number of fused-ring (bicyclic) bond motifs is 1. The van der Waals surface area contributed by atoms with Gasteiger partial charge in [-0.3, -0.25) is 4.79 Å². The molecule has 0 aliphatic rings. The topological polar surface area (TPSA) is 72.8 Å². The molecule has 2 heterocycles. The summed E-state index contributed by atoms with van der Waals surface area (Å²) in [6.07, 6.45) is 2.87. The molecule has 1 N–H and O–H groups in total. The second-order valence-corrected chi connectivity index (χ2v) is 4.20. The zero-order valence-electron chi connectivity index (χ0n) is 10.5. The Balaban J connectivity index is 2.33. The van der Waals surface area contributed by atoms with Gasteiger partial charge in [0.15, 0.2) is 5.65 Å². The fourth-order valence-electron chi connectivity index (χ4n) is 2.00. The zero-order chi connectivity index (χ0) is 13.4. The highest BCUT2D eigenvalue weighted by Crippen LogP contribution is 2.25. The first-order chi connectivity index (χ1) is 9.20. The summed E-state index contributed by atoms with van der Waals surface area (Å²) in [5, 5.41) is 4.68. The van der Waals surface area contributed by atoms with Gasteiger partial charge >= 0.3 is 0 Å². The van der Waals surface area contributed by atoms with Crippen LogP contribution in [-0.4, -0.2) is 26.9 Å². The summed E-state index contributed by atoms with van der Waals surface area (Å²) in [5.41, 5.74) is 2.13. The van der Waals surface area contributed by atoms with Crippen molar-refractivity contribution >= 4 is 11.0 Å². The van der Waals surface area contributed by atoms with Crippen molar-refractivity contribution in [2.24, 2.45) is 0 Å². The predicted molar refractivity (Wildman–Crippen MR) is 70.8 cm³/mol. The highest BCUT2D eigenvalue weighted by atomic mass is 16.5. The molecule has 0 aliphatic carbocycles. The van der Waals surface area contributed by atoms with Crippen molar-refractivity contribution in [1.29, 1.82) is 0 Å². The van der Waals surface area contributed by atoms with Crippen LogP contribution in [0.5, 0.6) is 5.75 Å². The highest BCUT2D eigenvalue weighted by Gasteiger charge is 2.12. The Kier molecular flexibility index (Phi) is 2.56. The molecule has 1 aromatic carbocycles. The van der Waals surface area contributed by atoms with Crippen LogP contribution >= 0.6 is 0 Å². The number of benzene rings is 1. The van der Waals surface area contributed by atoms with Gasteiger partial charge in [-0.1, -0.05) is 6.07 Å². The van der Waals surface area contributed by atoms with Crippen molar-refractivity contribution in [3.8, 4) is 11.4 Å². The van der Waals surface area contributed by atoms with E-state index in [-0.39, 0.29) is 5.56 Å². The molecule has 2 aromatic heterocycles. The van der Waals surface area contributed by atoms with Gasteiger partial charge in [0.2, 0.25) is 0 Å². The van der Waals surface area contributed by atoms with Crippen LogP contribution in [0.25, 0.3) is 16.7 Å². The molecule has 6 nitrogen and oxygen atoms in total. The molecule has 0 radical (unpaired) electrons. The van der Waals surface area contributed by atoms with Crippen LogP contribution in [0.15, 0.2) is 35.5 Å². The van der Waals surface area contributed by atoms with Crippen molar-refractivity contribution in [2.45, 2.75) is 6.92 Å². The molecule has 0 amide bonds. The van der Waals surface area contributed by atoms with E-state index in [9.17, 15) is 4.79 Å². The van der Waals surface area contributed by atoms with Crippen LogP contribution in [0.3, 0.4) is 0 Å². The van der Waals surface area contributed by atoms with Crippen LogP contribution in [-0.2, 0) is 0 Å². The number of aromatic nitrogens is 4. The van der Waals surface area contributed by atoms with Crippen molar-refractivity contribution in [2.75, 3.05) is 7.11 Å². The summed E-state index contributed by atoms with van der Waals surface area (Å²) in [7, 11) is 1.60. The smallest absolute Gasteiger partial charge is 0.261 e. The Hall–Kier alpha value is -2.63. The lowest BCUT2D eigenvalue weighted by molar-refractivity contribution is 0.412. The minimum Gasteiger partial charge on any atom is -0.494 e. The minimum atomic E-state index is -0.206. The summed E-state index contributed by atoms with van der Waals surface area (Å²) in [6.45, 7) is 1.98. The van der Waals surface area contributed by atoms with Gasteiger partial charge in [0.25, 0.3) is 5.56 Å². The predicted octanol–water partition coefficient (Wildman–Crippen LogP) is 1.43. The third-order valence-corrected chi connectivity index (χ3v) is 2.93. The molecule has 0 saturated heterocycles. The average molecular weight is 256 g/mol. The third-order valence-electron chi connectivity index (χ3n) is 2.93. The lowest BCUT2D eigenvalue weighted by Crippen LogP contribution is -2.07. The van der Waals surface area contributed by atoms with Gasteiger partial charge in [0, 0.05) is 0 Å². The monoisotopic (exact) mass is 256 g/mol. The van der Waals surface area contributed by atoms with Gasteiger partial charge in [0.1, 0.15) is 16.8 Å². The van der Waals surface area contributed by atoms with Crippen LogP contribution in [0.4, 0.5) is 0 Å². The number of ether oxygens (including phenoxy) is 1. The Morgan fingerprint density at radius 3 is 3.00 bits per heavy atom. The quantitative estimate of drug-likeness (QED) is 0.752. The zero-order valence-corrected chi connectivity index (χ0v) is 10.5. The second-order valence-electron chi connectivity index (χ2n) is 4.20. The number of aryl methyl sites for hydroxylation is 1. The maximum Gasteiger partial charge on any atom is 0.261 e. The molecule has 0 fully saturated rings. The Bertz CT molecular complexity index is 804. The van der Waals surface area contributed by atoms with E-state index < -0.39 is 0 Å². The fourth-order valence-corrected chi connectivity index (χ4v) is 2.00. The van der Waals surface area contributed by atoms with Crippen molar-refractivity contribution in [3.05, 3.63) is 46.6 Å². The van der Waals surface area contributed by atoms with Crippen molar-refractivity contribution in [3.63, 3.8) is 0 Å². The van der Waals surface area contributed by atoms with Crippen LogP contribution < -0.4 is 10.3 Å². The molecule has 19 heavy (non-hydrogen) atoms. The molecule has 0 atom stereocenters. The number of hydrogen-bond acceptors (Lipinski definition) is 4. The van der Waals surface area contributed by atoms with Gasteiger partial charge in [-0.05, 0) is 24.6 Å². The molecular formula is C13H12N4O2. The molecule has 3 rings (SSSR count). The van der Waals surface area contributed by atoms with Gasteiger partial charge in [-0.25, -0.2) is 9.67 Å². The molecule has 0 spiro atoms. The third kappa shape index (κ3) is 1.77. The normalized spacial score (nSPS) is 10.8. The van der Waals surface area contributed by atoms with Gasteiger partial charge in [-0.2, -0.15) is 5.10 Å². The van der Waals surface area contributed by atoms with E-state index in [4.69, 9.17) is 4.74 Å². The summed E-state index contributed by atoms with van der Waals surface area (Å²) in [6, 6.07) is 5.76. The van der Waals surface area contributed by atoms with Crippen LogP contribution in [0.2, 0.25) is 0 Å². The number of hydrogen-bond donors (Lipinski definition) is 1. The molecule has 3 aromatic rings. The second kappa shape index (κ2) is 4.24. The van der Waals surface area contributed by atoms with Gasteiger partial charge < -0.3 is 9.72 Å². The number of rotatable bonds is 2. The summed E-state index contributed by atoms with van der Waals surface area (Å²) < 4.78 is 6.94. The number of H-pyrrole nitrogens is 1. The fraction of sp³-hybridized carbons (Fsp3) is 0.154. The van der Waals surface area contributed by atoms with Crippen molar-refractivity contribution < 1.29 is 4.74 Å². The Morgan fingerprint density at radius 2 is 2.21 bits per heavy atom. The SMILES string of the molecule is COc1ccc(C)cc1-n1ncc2c(=O)[nH]cnc21. The minimum absolute atomic E-state index is 0.206. The first kappa shape index (κ1) is 11.5. The molecule has 96 valence electrons.